The Labute approximate surface area is 321 Å². The van der Waals surface area contributed by atoms with Crippen molar-refractivity contribution in [3.8, 4) is 5.75 Å². The summed E-state index contributed by atoms with van der Waals surface area (Å²) >= 11 is 6.08. The number of hydrogen-bond acceptors (Lipinski definition) is 10. The van der Waals surface area contributed by atoms with E-state index in [0.29, 0.717) is 33.3 Å². The van der Waals surface area contributed by atoms with Crippen LogP contribution in [0.25, 0.3) is 11.0 Å². The zero-order valence-electron chi connectivity index (χ0n) is 29.7. The van der Waals surface area contributed by atoms with E-state index in [4.69, 9.17) is 30.2 Å². The number of amides is 3. The molecule has 2 N–H and O–H groups in total. The number of para-hydroxylation sites is 1. The van der Waals surface area contributed by atoms with Crippen molar-refractivity contribution in [2.75, 3.05) is 43.6 Å². The molecule has 0 radical (unpaired) electrons. The zero-order valence-corrected chi connectivity index (χ0v) is 31.3. The number of ether oxygens (including phenoxy) is 3. The standard InChI is InChI=1S/C40H36ClN3O10S/c1-24-19-27(8-14-34(24)44-39(47)31-13-7-26(41)22-32(31)40(44)48)42-38(46)36-20-25(33-23-53-35-6-4-3-5-30(33)35)21-37(54-36)52-18-16-43(15-17-45)55(49,50)29-11-9-28(51-2)10-12-29/h3-14,19-20,22-23,25,37,45H,15-18,21H2,1-2H3,(H,42,46)/t25-,37+/m1/s1. The van der Waals surface area contributed by atoms with Crippen LogP contribution in [-0.2, 0) is 24.3 Å². The van der Waals surface area contributed by atoms with E-state index >= 15 is 0 Å². The second kappa shape index (κ2) is 15.7. The summed E-state index contributed by atoms with van der Waals surface area (Å²) in [4.78, 5) is 41.3. The molecule has 15 heteroatoms. The molecule has 2 atom stereocenters. The van der Waals surface area contributed by atoms with Gasteiger partial charge in [-0.05, 0) is 85.3 Å². The maximum atomic E-state index is 13.8. The highest BCUT2D eigenvalue weighted by Crippen LogP contribution is 2.37. The minimum atomic E-state index is -3.99. The maximum absolute atomic E-state index is 13.8. The second-order valence-electron chi connectivity index (χ2n) is 12.9. The molecule has 284 valence electrons. The van der Waals surface area contributed by atoms with Gasteiger partial charge in [-0.3, -0.25) is 14.4 Å². The molecule has 4 aromatic carbocycles. The zero-order chi connectivity index (χ0) is 38.9. The van der Waals surface area contributed by atoms with E-state index in [2.05, 4.69) is 5.32 Å². The molecule has 2 aliphatic heterocycles. The fourth-order valence-electron chi connectivity index (χ4n) is 6.68. The number of methoxy groups -OCH3 is 1. The number of fused-ring (bicyclic) bond motifs is 2. The first-order valence-corrected chi connectivity index (χ1v) is 19.1. The number of anilines is 2. The lowest BCUT2D eigenvalue weighted by Gasteiger charge is -2.30. The van der Waals surface area contributed by atoms with Gasteiger partial charge in [0.1, 0.15) is 11.3 Å². The van der Waals surface area contributed by atoms with Crippen LogP contribution in [0.4, 0.5) is 11.4 Å². The van der Waals surface area contributed by atoms with E-state index in [1.807, 2.05) is 24.3 Å². The summed E-state index contributed by atoms with van der Waals surface area (Å²) in [7, 11) is -2.51. The third-order valence-electron chi connectivity index (χ3n) is 9.43. The summed E-state index contributed by atoms with van der Waals surface area (Å²) in [6.07, 6.45) is 2.63. The van der Waals surface area contributed by atoms with E-state index in [1.54, 1.807) is 43.5 Å². The Hall–Kier alpha value is -5.51. The molecule has 13 nitrogen and oxygen atoms in total. The Morgan fingerprint density at radius 2 is 1.76 bits per heavy atom. The highest BCUT2D eigenvalue weighted by Gasteiger charge is 2.38. The van der Waals surface area contributed by atoms with Crippen molar-refractivity contribution >= 4 is 61.7 Å². The minimum Gasteiger partial charge on any atom is -0.497 e. The molecule has 0 saturated heterocycles. The smallest absolute Gasteiger partial charge is 0.290 e. The van der Waals surface area contributed by atoms with Crippen molar-refractivity contribution in [1.82, 2.24) is 4.31 Å². The number of benzene rings is 4. The van der Waals surface area contributed by atoms with Gasteiger partial charge in [-0.1, -0.05) is 29.8 Å². The number of nitrogens with one attached hydrogen (secondary N) is 1. The maximum Gasteiger partial charge on any atom is 0.290 e. The molecule has 3 heterocycles. The van der Waals surface area contributed by atoms with E-state index < -0.39 is 40.6 Å². The van der Waals surface area contributed by atoms with Gasteiger partial charge in [-0.15, -0.1) is 0 Å². The van der Waals surface area contributed by atoms with Crippen LogP contribution >= 0.6 is 11.6 Å². The van der Waals surface area contributed by atoms with Gasteiger partial charge in [0.2, 0.25) is 16.3 Å². The first-order valence-electron chi connectivity index (χ1n) is 17.3. The molecular weight excluding hydrogens is 750 g/mol. The minimum absolute atomic E-state index is 0.0290. The lowest BCUT2D eigenvalue weighted by atomic mass is 9.92. The first-order chi connectivity index (χ1) is 26.5. The van der Waals surface area contributed by atoms with Crippen LogP contribution in [0.5, 0.6) is 5.75 Å². The Bertz CT molecular complexity index is 2430. The van der Waals surface area contributed by atoms with Gasteiger partial charge < -0.3 is 29.1 Å². The van der Waals surface area contributed by atoms with Gasteiger partial charge in [-0.2, -0.15) is 4.31 Å². The van der Waals surface area contributed by atoms with Gasteiger partial charge in [0.05, 0.1) is 48.3 Å². The van der Waals surface area contributed by atoms with Crippen molar-refractivity contribution in [3.05, 3.63) is 130 Å². The molecule has 0 saturated carbocycles. The van der Waals surface area contributed by atoms with Gasteiger partial charge in [0.25, 0.3) is 17.7 Å². The second-order valence-corrected chi connectivity index (χ2v) is 15.2. The number of imide groups is 1. The summed E-state index contributed by atoms with van der Waals surface area (Å²) in [6.45, 7) is 0.923. The Morgan fingerprint density at radius 1 is 1.00 bits per heavy atom. The molecule has 5 aromatic rings. The van der Waals surface area contributed by atoms with Crippen LogP contribution in [0.3, 0.4) is 0 Å². The monoisotopic (exact) mass is 785 g/mol. The van der Waals surface area contributed by atoms with Crippen LogP contribution in [0.15, 0.2) is 112 Å². The summed E-state index contributed by atoms with van der Waals surface area (Å²) in [5.74, 6) is -1.48. The average molecular weight is 786 g/mol. The van der Waals surface area contributed by atoms with Crippen molar-refractivity contribution in [2.45, 2.75) is 30.4 Å². The molecule has 55 heavy (non-hydrogen) atoms. The van der Waals surface area contributed by atoms with Gasteiger partial charge in [-0.25, -0.2) is 13.3 Å². The fraction of sp³-hybridized carbons (Fsp3) is 0.225. The lowest BCUT2D eigenvalue weighted by Crippen LogP contribution is -2.37. The van der Waals surface area contributed by atoms with Gasteiger partial charge in [0.15, 0.2) is 5.76 Å². The summed E-state index contributed by atoms with van der Waals surface area (Å²) in [5.41, 5.74) is 3.24. The number of nitrogens with zero attached hydrogens (tertiary/aromatic N) is 2. The Kier molecular flexibility index (Phi) is 10.8. The lowest BCUT2D eigenvalue weighted by molar-refractivity contribution is -0.143. The molecule has 0 aliphatic carbocycles. The molecule has 2 aliphatic rings. The Morgan fingerprint density at radius 3 is 2.51 bits per heavy atom. The van der Waals surface area contributed by atoms with Crippen LogP contribution in [0.1, 0.15) is 44.2 Å². The molecule has 0 fully saturated rings. The van der Waals surface area contributed by atoms with Crippen LogP contribution in [0.2, 0.25) is 5.02 Å². The normalized spacial score (nSPS) is 17.0. The SMILES string of the molecule is COc1ccc(S(=O)(=O)N(CCO)CCO[C@@H]2C[C@H](c3coc4ccccc34)C=C(C(=O)Nc3ccc(N4C(=O)c5ccc(Cl)cc5C4=O)c(C)c3)O2)cc1. The third-order valence-corrected chi connectivity index (χ3v) is 11.6. The predicted octanol–water partition coefficient (Wildman–Crippen LogP) is 6.26. The van der Waals surface area contributed by atoms with E-state index in [-0.39, 0.29) is 53.8 Å². The third kappa shape index (κ3) is 7.59. The van der Waals surface area contributed by atoms with E-state index in [9.17, 15) is 27.9 Å². The quantitative estimate of drug-likeness (QED) is 0.130. The molecule has 7 rings (SSSR count). The number of rotatable bonds is 13. The number of sulfonamides is 1. The number of carbonyl (C=O) groups is 3. The number of carbonyl (C=O) groups excluding carboxylic acids is 3. The number of halogens is 1. The van der Waals surface area contributed by atoms with Crippen LogP contribution in [-0.4, -0.2) is 75.3 Å². The van der Waals surface area contributed by atoms with Crippen LogP contribution < -0.4 is 15.0 Å². The van der Waals surface area contributed by atoms with Crippen molar-refractivity contribution < 1.29 is 46.5 Å². The van der Waals surface area contributed by atoms with Gasteiger partial charge >= 0.3 is 0 Å². The van der Waals surface area contributed by atoms with Crippen molar-refractivity contribution in [2.24, 2.45) is 0 Å². The van der Waals surface area contributed by atoms with Crippen molar-refractivity contribution in [1.29, 1.82) is 0 Å². The molecule has 3 amide bonds. The molecular formula is C40H36ClN3O10S. The summed E-state index contributed by atoms with van der Waals surface area (Å²) < 4.78 is 51.1. The molecule has 0 spiro atoms. The summed E-state index contributed by atoms with van der Waals surface area (Å²) in [5, 5.41) is 13.7. The number of hydrogen-bond donors (Lipinski definition) is 2. The first kappa shape index (κ1) is 37.8. The topological polar surface area (TPSA) is 165 Å². The predicted molar refractivity (Wildman–Crippen MR) is 204 cm³/mol. The van der Waals surface area contributed by atoms with E-state index in [1.165, 1.54) is 43.5 Å². The molecule has 1 aromatic heterocycles. The largest absolute Gasteiger partial charge is 0.497 e. The molecule has 0 bridgehead atoms. The number of aliphatic hydroxyl groups is 1. The number of allylic oxidation sites excluding steroid dienone is 1. The van der Waals surface area contributed by atoms with Crippen LogP contribution in [0, 0.1) is 6.92 Å². The number of aliphatic hydroxyl groups excluding tert-OH is 1. The molecule has 0 unspecified atom stereocenters. The van der Waals surface area contributed by atoms with Crippen molar-refractivity contribution in [3.63, 3.8) is 0 Å². The highest BCUT2D eigenvalue weighted by molar-refractivity contribution is 7.89. The summed E-state index contributed by atoms with van der Waals surface area (Å²) in [6, 6.07) is 22.8. The number of furan rings is 1. The highest BCUT2D eigenvalue weighted by atomic mass is 35.5. The van der Waals surface area contributed by atoms with Gasteiger partial charge in [0, 0.05) is 47.1 Å². The average Bonchev–Trinajstić information content (AvgIpc) is 3.72. The Balaban J connectivity index is 1.09. The number of aryl methyl sites for hydroxylation is 1. The van der Waals surface area contributed by atoms with E-state index in [0.717, 1.165) is 20.2 Å². The fourth-order valence-corrected chi connectivity index (χ4v) is 8.26.